The van der Waals surface area contributed by atoms with E-state index in [4.69, 9.17) is 0 Å². The first-order chi connectivity index (χ1) is 6.86. The van der Waals surface area contributed by atoms with Crippen LogP contribution in [0.15, 0.2) is 15.9 Å². The lowest BCUT2D eigenvalue weighted by Crippen LogP contribution is -2.38. The van der Waals surface area contributed by atoms with Crippen LogP contribution < -0.4 is 5.32 Å². The second kappa shape index (κ2) is 5.00. The van der Waals surface area contributed by atoms with Crippen molar-refractivity contribution in [2.24, 2.45) is 0 Å². The van der Waals surface area contributed by atoms with Crippen LogP contribution in [0.25, 0.3) is 0 Å². The minimum absolute atomic E-state index is 0.425. The van der Waals surface area contributed by atoms with Crippen molar-refractivity contribution in [1.82, 2.24) is 10.3 Å². The van der Waals surface area contributed by atoms with E-state index in [1.165, 1.54) is 24.2 Å². The van der Waals surface area contributed by atoms with Crippen LogP contribution in [0.2, 0.25) is 0 Å². The molecule has 1 aliphatic rings. The molecule has 1 aromatic heterocycles. The van der Waals surface area contributed by atoms with E-state index in [2.05, 4.69) is 10.3 Å². The summed E-state index contributed by atoms with van der Waals surface area (Å²) in [6.45, 7) is 1.07. The van der Waals surface area contributed by atoms with E-state index in [0.717, 1.165) is 17.3 Å². The number of hydrogen-bond acceptors (Lipinski definition) is 4. The zero-order valence-corrected chi connectivity index (χ0v) is 9.57. The van der Waals surface area contributed by atoms with Crippen molar-refractivity contribution >= 4 is 22.1 Å². The smallest absolute Gasteiger partial charge is 0.180 e. The first-order valence-electron chi connectivity index (χ1n) is 4.87. The summed E-state index contributed by atoms with van der Waals surface area (Å²) in [6.07, 6.45) is 5.37. The average molecular weight is 230 g/mol. The maximum atomic E-state index is 11.8. The molecule has 1 fully saturated rings. The van der Waals surface area contributed by atoms with Crippen molar-refractivity contribution in [3.63, 3.8) is 0 Å². The summed E-state index contributed by atoms with van der Waals surface area (Å²) in [5, 5.41) is 5.27. The van der Waals surface area contributed by atoms with Gasteiger partial charge in [-0.25, -0.2) is 4.98 Å². The van der Waals surface area contributed by atoms with Gasteiger partial charge in [-0.1, -0.05) is 6.42 Å². The fourth-order valence-corrected chi connectivity index (χ4v) is 3.77. The first-order valence-corrected chi connectivity index (χ1v) is 7.07. The Balaban J connectivity index is 1.87. The van der Waals surface area contributed by atoms with Gasteiger partial charge in [-0.05, 0) is 19.4 Å². The van der Waals surface area contributed by atoms with Crippen LogP contribution in [0, 0.1) is 0 Å². The Hall–Kier alpha value is -0.260. The molecular weight excluding hydrogens is 216 g/mol. The maximum absolute atomic E-state index is 11.8. The molecule has 0 aliphatic carbocycles. The highest BCUT2D eigenvalue weighted by molar-refractivity contribution is 7.87. The molecular formula is C9H14N2OS2. The summed E-state index contributed by atoms with van der Waals surface area (Å²) in [7, 11) is -0.905. The Kier molecular flexibility index (Phi) is 3.67. The van der Waals surface area contributed by atoms with E-state index < -0.39 is 10.8 Å². The largest absolute Gasteiger partial charge is 0.313 e. The summed E-state index contributed by atoms with van der Waals surface area (Å²) in [4.78, 5) is 4.07. The molecule has 78 valence electrons. The van der Waals surface area contributed by atoms with Crippen molar-refractivity contribution in [2.75, 3.05) is 12.3 Å². The van der Waals surface area contributed by atoms with Gasteiger partial charge < -0.3 is 5.32 Å². The molecule has 0 bridgehead atoms. The number of thiazole rings is 1. The quantitative estimate of drug-likeness (QED) is 0.853. The molecule has 5 heteroatoms. The normalized spacial score (nSPS) is 24.7. The number of nitrogens with zero attached hydrogens (tertiary/aromatic N) is 1. The van der Waals surface area contributed by atoms with E-state index in [1.54, 1.807) is 6.20 Å². The number of nitrogens with one attached hydrogen (secondary N) is 1. The van der Waals surface area contributed by atoms with Gasteiger partial charge in [-0.15, -0.1) is 11.3 Å². The van der Waals surface area contributed by atoms with Crippen LogP contribution >= 0.6 is 11.3 Å². The maximum Gasteiger partial charge on any atom is 0.180 e. The summed E-state index contributed by atoms with van der Waals surface area (Å²) in [5.74, 6) is 0.716. The Labute approximate surface area is 90.4 Å². The zero-order valence-electron chi connectivity index (χ0n) is 7.94. The number of hydrogen-bond donors (Lipinski definition) is 1. The second-order valence-electron chi connectivity index (χ2n) is 3.46. The van der Waals surface area contributed by atoms with Gasteiger partial charge in [0.05, 0.1) is 10.8 Å². The molecule has 0 amide bonds. The van der Waals surface area contributed by atoms with Gasteiger partial charge in [0.2, 0.25) is 0 Å². The molecule has 0 radical (unpaired) electrons. The minimum atomic E-state index is -0.905. The molecule has 0 aromatic carbocycles. The van der Waals surface area contributed by atoms with Gasteiger partial charge in [-0.3, -0.25) is 4.21 Å². The molecule has 14 heavy (non-hydrogen) atoms. The fourth-order valence-electron chi connectivity index (χ4n) is 1.64. The van der Waals surface area contributed by atoms with Crippen LogP contribution in [0.5, 0.6) is 0 Å². The van der Waals surface area contributed by atoms with Gasteiger partial charge >= 0.3 is 0 Å². The van der Waals surface area contributed by atoms with Gasteiger partial charge in [-0.2, -0.15) is 0 Å². The van der Waals surface area contributed by atoms with E-state index in [9.17, 15) is 4.21 Å². The summed E-state index contributed by atoms with van der Waals surface area (Å²) < 4.78 is 12.6. The number of rotatable bonds is 3. The van der Waals surface area contributed by atoms with Gasteiger partial charge in [0, 0.05) is 23.4 Å². The molecule has 0 spiro atoms. The lowest BCUT2D eigenvalue weighted by atomic mass is 10.1. The monoisotopic (exact) mass is 230 g/mol. The molecule has 2 rings (SSSR count). The van der Waals surface area contributed by atoms with Crippen molar-refractivity contribution in [3.8, 4) is 0 Å². The van der Waals surface area contributed by atoms with Crippen molar-refractivity contribution in [2.45, 2.75) is 29.6 Å². The molecule has 1 N–H and O–H groups in total. The van der Waals surface area contributed by atoms with Crippen molar-refractivity contribution < 1.29 is 4.21 Å². The van der Waals surface area contributed by atoms with Crippen LogP contribution in [-0.2, 0) is 10.8 Å². The Morgan fingerprint density at radius 3 is 3.21 bits per heavy atom. The molecule has 1 aliphatic heterocycles. The predicted molar refractivity (Wildman–Crippen MR) is 59.0 cm³/mol. The highest BCUT2D eigenvalue weighted by atomic mass is 32.2. The lowest BCUT2D eigenvalue weighted by molar-refractivity contribution is 0.427. The first kappa shape index (κ1) is 10.3. The van der Waals surface area contributed by atoms with Gasteiger partial charge in [0.1, 0.15) is 0 Å². The standard InChI is InChI=1S/C9H14N2OS2/c12-14(9-11-5-6-13-9)7-8-3-1-2-4-10-8/h5-6,8,10H,1-4,7H2/t8-,14+/m0/s1. The van der Waals surface area contributed by atoms with Crippen LogP contribution in [-0.4, -0.2) is 27.5 Å². The third kappa shape index (κ3) is 2.62. The third-order valence-electron chi connectivity index (χ3n) is 2.37. The molecule has 0 saturated carbocycles. The number of aromatic nitrogens is 1. The van der Waals surface area contributed by atoms with Crippen LogP contribution in [0.4, 0.5) is 0 Å². The van der Waals surface area contributed by atoms with Crippen molar-refractivity contribution in [3.05, 3.63) is 11.6 Å². The highest BCUT2D eigenvalue weighted by Crippen LogP contribution is 2.14. The molecule has 1 saturated heterocycles. The summed E-state index contributed by atoms with van der Waals surface area (Å²) in [6, 6.07) is 0.425. The highest BCUT2D eigenvalue weighted by Gasteiger charge is 2.17. The van der Waals surface area contributed by atoms with E-state index >= 15 is 0 Å². The van der Waals surface area contributed by atoms with Crippen LogP contribution in [0.3, 0.4) is 0 Å². The molecule has 0 unspecified atom stereocenters. The molecule has 2 atom stereocenters. The Bertz CT molecular complexity index is 294. The van der Waals surface area contributed by atoms with E-state index in [1.807, 2.05) is 5.38 Å². The summed E-state index contributed by atoms with van der Waals surface area (Å²) in [5.41, 5.74) is 0. The molecule has 2 heterocycles. The minimum Gasteiger partial charge on any atom is -0.313 e. The average Bonchev–Trinajstić information content (AvgIpc) is 2.72. The predicted octanol–water partition coefficient (Wildman–Crippen LogP) is 1.39. The summed E-state index contributed by atoms with van der Waals surface area (Å²) >= 11 is 1.48. The van der Waals surface area contributed by atoms with Crippen molar-refractivity contribution in [1.29, 1.82) is 0 Å². The second-order valence-corrected chi connectivity index (χ2v) is 6.02. The van der Waals surface area contributed by atoms with Crippen LogP contribution in [0.1, 0.15) is 19.3 Å². The fraction of sp³-hybridized carbons (Fsp3) is 0.667. The Morgan fingerprint density at radius 2 is 2.57 bits per heavy atom. The topological polar surface area (TPSA) is 42.0 Å². The molecule has 3 nitrogen and oxygen atoms in total. The Morgan fingerprint density at radius 1 is 1.64 bits per heavy atom. The van der Waals surface area contributed by atoms with Gasteiger partial charge in [0.25, 0.3) is 0 Å². The number of piperidine rings is 1. The molecule has 1 aromatic rings. The SMILES string of the molecule is O=[S@](C[C@@H]1CCCCN1)c1nccs1. The van der Waals surface area contributed by atoms with E-state index in [-0.39, 0.29) is 0 Å². The zero-order chi connectivity index (χ0) is 9.80. The third-order valence-corrected chi connectivity index (χ3v) is 4.98. The van der Waals surface area contributed by atoms with Gasteiger partial charge in [0.15, 0.2) is 4.34 Å². The van der Waals surface area contributed by atoms with E-state index in [0.29, 0.717) is 11.8 Å². The lowest BCUT2D eigenvalue weighted by Gasteiger charge is -2.22.